The van der Waals surface area contributed by atoms with Crippen LogP contribution in [-0.2, 0) is 0 Å². The molecule has 24 heavy (non-hydrogen) atoms. The molecule has 1 amide bonds. The maximum Gasteiger partial charge on any atom is 0.255 e. The highest BCUT2D eigenvalue weighted by atomic mass is 32.1. The van der Waals surface area contributed by atoms with Crippen molar-refractivity contribution in [3.63, 3.8) is 0 Å². The lowest BCUT2D eigenvalue weighted by molar-refractivity contribution is 0.102. The number of aromatic nitrogens is 1. The highest BCUT2D eigenvalue weighted by Crippen LogP contribution is 2.25. The van der Waals surface area contributed by atoms with Crippen LogP contribution in [0.4, 0.5) is 5.69 Å². The summed E-state index contributed by atoms with van der Waals surface area (Å²) in [5.74, 6) is 0.599. The average molecular weight is 340 g/mol. The minimum absolute atomic E-state index is 0.149. The summed E-state index contributed by atoms with van der Waals surface area (Å²) >= 11 is 1.64. The van der Waals surface area contributed by atoms with Gasteiger partial charge in [0.1, 0.15) is 11.4 Å². The predicted octanol–water partition coefficient (Wildman–Crippen LogP) is 5.03. The van der Waals surface area contributed by atoms with Gasteiger partial charge < -0.3 is 10.1 Å². The van der Waals surface area contributed by atoms with Crippen LogP contribution in [0.2, 0.25) is 0 Å². The van der Waals surface area contributed by atoms with Crippen molar-refractivity contribution in [1.82, 2.24) is 4.98 Å². The van der Waals surface area contributed by atoms with Crippen molar-refractivity contribution in [2.45, 2.75) is 33.3 Å². The van der Waals surface area contributed by atoms with Gasteiger partial charge in [-0.2, -0.15) is 0 Å². The first-order valence-electron chi connectivity index (χ1n) is 7.78. The van der Waals surface area contributed by atoms with Gasteiger partial charge in [0.15, 0.2) is 0 Å². The fourth-order valence-electron chi connectivity index (χ4n) is 2.35. The number of benzene rings is 2. The average Bonchev–Trinajstić information content (AvgIpc) is 2.85. The number of aryl methyl sites for hydroxylation is 1. The second-order valence-electron chi connectivity index (χ2n) is 6.61. The van der Waals surface area contributed by atoms with Gasteiger partial charge in [-0.1, -0.05) is 0 Å². The molecule has 0 fully saturated rings. The molecule has 0 radical (unpaired) electrons. The Morgan fingerprint density at radius 2 is 1.83 bits per heavy atom. The third-order valence-corrected chi connectivity index (χ3v) is 4.24. The number of thiazole rings is 1. The molecule has 1 heterocycles. The number of fused-ring (bicyclic) bond motifs is 1. The Morgan fingerprint density at radius 3 is 2.50 bits per heavy atom. The first-order valence-corrected chi connectivity index (χ1v) is 8.59. The normalized spacial score (nSPS) is 11.5. The van der Waals surface area contributed by atoms with Crippen LogP contribution in [0.3, 0.4) is 0 Å². The summed E-state index contributed by atoms with van der Waals surface area (Å²) in [6, 6.07) is 12.9. The van der Waals surface area contributed by atoms with Crippen LogP contribution in [0.15, 0.2) is 42.5 Å². The Bertz CT molecular complexity index is 877. The van der Waals surface area contributed by atoms with Gasteiger partial charge in [0.2, 0.25) is 0 Å². The number of carbonyl (C=O) groups is 1. The quantitative estimate of drug-likeness (QED) is 0.727. The van der Waals surface area contributed by atoms with Crippen LogP contribution in [0, 0.1) is 6.92 Å². The Kier molecular flexibility index (Phi) is 4.28. The number of ether oxygens (including phenoxy) is 1. The van der Waals surface area contributed by atoms with E-state index in [-0.39, 0.29) is 11.5 Å². The van der Waals surface area contributed by atoms with E-state index in [2.05, 4.69) is 10.3 Å². The Morgan fingerprint density at radius 1 is 1.12 bits per heavy atom. The molecular formula is C19H20N2O2S. The third-order valence-electron chi connectivity index (χ3n) is 3.29. The number of hydrogen-bond acceptors (Lipinski definition) is 4. The van der Waals surface area contributed by atoms with Gasteiger partial charge in [0, 0.05) is 11.3 Å². The molecule has 0 saturated carbocycles. The molecule has 0 aliphatic heterocycles. The molecule has 0 unspecified atom stereocenters. The number of amides is 1. The van der Waals surface area contributed by atoms with Crippen molar-refractivity contribution in [2.75, 3.05) is 5.32 Å². The largest absolute Gasteiger partial charge is 0.488 e. The van der Waals surface area contributed by atoms with Gasteiger partial charge in [0.25, 0.3) is 5.91 Å². The topological polar surface area (TPSA) is 51.2 Å². The van der Waals surface area contributed by atoms with E-state index in [0.717, 1.165) is 26.7 Å². The lowest BCUT2D eigenvalue weighted by Crippen LogP contribution is -2.23. The summed E-state index contributed by atoms with van der Waals surface area (Å²) in [5.41, 5.74) is 1.98. The van der Waals surface area contributed by atoms with Crippen LogP contribution in [0.5, 0.6) is 5.75 Å². The summed E-state index contributed by atoms with van der Waals surface area (Å²) in [6.45, 7) is 7.95. The Labute approximate surface area is 145 Å². The molecule has 2 aromatic carbocycles. The van der Waals surface area contributed by atoms with Crippen molar-refractivity contribution in [3.8, 4) is 5.75 Å². The molecule has 0 aliphatic carbocycles. The van der Waals surface area contributed by atoms with Crippen molar-refractivity contribution >= 4 is 33.1 Å². The molecule has 124 valence electrons. The van der Waals surface area contributed by atoms with Crippen molar-refractivity contribution in [2.24, 2.45) is 0 Å². The molecular weight excluding hydrogens is 320 g/mol. The summed E-state index contributed by atoms with van der Waals surface area (Å²) in [7, 11) is 0. The molecule has 0 spiro atoms. The minimum Gasteiger partial charge on any atom is -0.488 e. The highest BCUT2D eigenvalue weighted by molar-refractivity contribution is 7.18. The number of hydrogen-bond donors (Lipinski definition) is 1. The molecule has 0 bridgehead atoms. The SMILES string of the molecule is Cc1nc2cc(NC(=O)c3ccc(OC(C)(C)C)cc3)ccc2s1. The molecule has 0 saturated heterocycles. The van der Waals surface area contributed by atoms with E-state index in [9.17, 15) is 4.79 Å². The molecule has 0 atom stereocenters. The second-order valence-corrected chi connectivity index (χ2v) is 7.84. The maximum atomic E-state index is 12.4. The van der Waals surface area contributed by atoms with Crippen LogP contribution >= 0.6 is 11.3 Å². The van der Waals surface area contributed by atoms with E-state index in [1.54, 1.807) is 23.5 Å². The lowest BCUT2D eigenvalue weighted by atomic mass is 10.1. The first kappa shape index (κ1) is 16.5. The van der Waals surface area contributed by atoms with Crippen molar-refractivity contribution < 1.29 is 9.53 Å². The summed E-state index contributed by atoms with van der Waals surface area (Å²) in [4.78, 5) is 16.8. The molecule has 3 rings (SSSR count). The van der Waals surface area contributed by atoms with Gasteiger partial charge in [-0.25, -0.2) is 4.98 Å². The number of rotatable bonds is 3. The number of nitrogens with zero attached hydrogens (tertiary/aromatic N) is 1. The summed E-state index contributed by atoms with van der Waals surface area (Å²) < 4.78 is 6.89. The van der Waals surface area contributed by atoms with Crippen LogP contribution < -0.4 is 10.1 Å². The molecule has 5 heteroatoms. The van der Waals surface area contributed by atoms with Crippen molar-refractivity contribution in [1.29, 1.82) is 0 Å². The Balaban J connectivity index is 1.73. The van der Waals surface area contributed by atoms with Crippen molar-refractivity contribution in [3.05, 3.63) is 53.0 Å². The highest BCUT2D eigenvalue weighted by Gasteiger charge is 2.13. The smallest absolute Gasteiger partial charge is 0.255 e. The van der Waals surface area contributed by atoms with E-state index in [1.807, 2.05) is 58.0 Å². The maximum absolute atomic E-state index is 12.4. The fourth-order valence-corrected chi connectivity index (χ4v) is 3.16. The standard InChI is InChI=1S/C19H20N2O2S/c1-12-20-16-11-14(7-10-17(16)24-12)21-18(22)13-5-8-15(9-6-13)23-19(2,3)4/h5-11H,1-4H3,(H,21,22). The number of nitrogens with one attached hydrogen (secondary N) is 1. The van der Waals surface area contributed by atoms with E-state index >= 15 is 0 Å². The van der Waals surface area contributed by atoms with E-state index < -0.39 is 0 Å². The van der Waals surface area contributed by atoms with Crippen LogP contribution in [0.1, 0.15) is 36.1 Å². The van der Waals surface area contributed by atoms with Gasteiger partial charge >= 0.3 is 0 Å². The van der Waals surface area contributed by atoms with Crippen LogP contribution in [-0.4, -0.2) is 16.5 Å². The van der Waals surface area contributed by atoms with Gasteiger partial charge in [-0.05, 0) is 70.2 Å². The molecule has 1 N–H and O–H groups in total. The van der Waals surface area contributed by atoms with Gasteiger partial charge in [-0.15, -0.1) is 11.3 Å². The predicted molar refractivity (Wildman–Crippen MR) is 99.1 cm³/mol. The first-order chi connectivity index (χ1) is 11.3. The summed E-state index contributed by atoms with van der Waals surface area (Å²) in [6.07, 6.45) is 0. The summed E-state index contributed by atoms with van der Waals surface area (Å²) in [5, 5.41) is 3.93. The number of anilines is 1. The van der Waals surface area contributed by atoms with Crippen LogP contribution in [0.25, 0.3) is 10.2 Å². The third kappa shape index (κ3) is 3.92. The second kappa shape index (κ2) is 6.24. The zero-order chi connectivity index (χ0) is 17.3. The molecule has 3 aromatic rings. The van der Waals surface area contributed by atoms with Gasteiger partial charge in [0.05, 0.1) is 15.2 Å². The molecule has 0 aliphatic rings. The number of carbonyl (C=O) groups excluding carboxylic acids is 1. The Hall–Kier alpha value is -2.40. The van der Waals surface area contributed by atoms with E-state index in [4.69, 9.17) is 4.74 Å². The lowest BCUT2D eigenvalue weighted by Gasteiger charge is -2.21. The van der Waals surface area contributed by atoms with E-state index in [1.165, 1.54) is 0 Å². The van der Waals surface area contributed by atoms with Gasteiger partial charge in [-0.3, -0.25) is 4.79 Å². The minimum atomic E-state index is -0.259. The molecule has 4 nitrogen and oxygen atoms in total. The zero-order valence-electron chi connectivity index (χ0n) is 14.2. The van der Waals surface area contributed by atoms with E-state index in [0.29, 0.717) is 5.56 Å². The zero-order valence-corrected chi connectivity index (χ0v) is 15.0. The monoisotopic (exact) mass is 340 g/mol. The fraction of sp³-hybridized carbons (Fsp3) is 0.263. The molecule has 1 aromatic heterocycles.